The molecule has 2 heterocycles. The van der Waals surface area contributed by atoms with E-state index in [4.69, 9.17) is 0 Å². The van der Waals surface area contributed by atoms with Crippen LogP contribution in [0.1, 0.15) is 0 Å². The van der Waals surface area contributed by atoms with E-state index < -0.39 is 15.4 Å². The molecule has 3 rings (SSSR count). The number of aromatic amines is 1. The lowest BCUT2D eigenvalue weighted by molar-refractivity contribution is 0.604. The molecule has 6 heteroatoms. The fourth-order valence-corrected chi connectivity index (χ4v) is 3.08. The monoisotopic (exact) mass is 260 g/mol. The maximum absolute atomic E-state index is 12.0. The van der Waals surface area contributed by atoms with Crippen LogP contribution in [0, 0.1) is 0 Å². The van der Waals surface area contributed by atoms with Gasteiger partial charge in [0.2, 0.25) is 9.84 Å². The van der Waals surface area contributed by atoms with Crippen molar-refractivity contribution in [2.45, 2.75) is 4.90 Å². The van der Waals surface area contributed by atoms with Gasteiger partial charge in [0.15, 0.2) is 4.90 Å². The van der Waals surface area contributed by atoms with Crippen LogP contribution in [0.15, 0.2) is 50.4 Å². The SMILES string of the molecule is O=c1[nH]c2ccccc2c2c1S(=O)(=O)C=CC=N2. The summed E-state index contributed by atoms with van der Waals surface area (Å²) in [5.41, 5.74) is 0.113. The molecule has 90 valence electrons. The lowest BCUT2D eigenvalue weighted by atomic mass is 10.2. The van der Waals surface area contributed by atoms with Gasteiger partial charge in [0.05, 0.1) is 11.2 Å². The normalized spacial score (nSPS) is 16.4. The summed E-state index contributed by atoms with van der Waals surface area (Å²) in [7, 11) is -3.75. The number of nitrogens with one attached hydrogen (secondary N) is 1. The van der Waals surface area contributed by atoms with E-state index in [-0.39, 0.29) is 10.6 Å². The first kappa shape index (κ1) is 10.9. The van der Waals surface area contributed by atoms with Crippen LogP contribution in [-0.4, -0.2) is 19.6 Å². The molecule has 0 spiro atoms. The Hall–Kier alpha value is -2.21. The predicted octanol–water partition coefficient (Wildman–Crippen LogP) is 1.53. The number of pyridine rings is 1. The highest BCUT2D eigenvalue weighted by molar-refractivity contribution is 7.94. The van der Waals surface area contributed by atoms with E-state index in [9.17, 15) is 13.2 Å². The molecule has 0 fully saturated rings. The van der Waals surface area contributed by atoms with Crippen molar-refractivity contribution >= 4 is 32.6 Å². The second kappa shape index (κ2) is 3.64. The van der Waals surface area contributed by atoms with Gasteiger partial charge in [0.25, 0.3) is 5.56 Å². The molecule has 1 aromatic heterocycles. The van der Waals surface area contributed by atoms with Crippen molar-refractivity contribution in [2.75, 3.05) is 0 Å². The molecule has 0 saturated heterocycles. The van der Waals surface area contributed by atoms with Gasteiger partial charge in [-0.25, -0.2) is 8.42 Å². The number of allylic oxidation sites excluding steroid dienone is 1. The largest absolute Gasteiger partial charge is 0.321 e. The maximum atomic E-state index is 12.0. The van der Waals surface area contributed by atoms with E-state index in [1.807, 2.05) is 0 Å². The molecule has 0 atom stereocenters. The van der Waals surface area contributed by atoms with Gasteiger partial charge in [-0.3, -0.25) is 9.79 Å². The Morgan fingerprint density at radius 1 is 1.17 bits per heavy atom. The third-order valence-electron chi connectivity index (χ3n) is 2.68. The lowest BCUT2D eigenvalue weighted by Gasteiger charge is -2.05. The molecular weight excluding hydrogens is 252 g/mol. The summed E-state index contributed by atoms with van der Waals surface area (Å²) in [6.45, 7) is 0. The van der Waals surface area contributed by atoms with Crippen LogP contribution >= 0.6 is 0 Å². The zero-order valence-corrected chi connectivity index (χ0v) is 9.94. The summed E-state index contributed by atoms with van der Waals surface area (Å²) in [5, 5.41) is 1.59. The van der Waals surface area contributed by atoms with Crippen LogP contribution in [0.3, 0.4) is 0 Å². The zero-order valence-electron chi connectivity index (χ0n) is 9.12. The predicted molar refractivity (Wildman–Crippen MR) is 69.0 cm³/mol. The van der Waals surface area contributed by atoms with Crippen LogP contribution in [0.25, 0.3) is 10.9 Å². The molecule has 0 bridgehead atoms. The number of rotatable bonds is 0. The molecule has 0 radical (unpaired) electrons. The van der Waals surface area contributed by atoms with Gasteiger partial charge in [-0.1, -0.05) is 18.2 Å². The van der Waals surface area contributed by atoms with Gasteiger partial charge >= 0.3 is 0 Å². The first-order valence-electron chi connectivity index (χ1n) is 5.20. The summed E-state index contributed by atoms with van der Waals surface area (Å²) in [4.78, 5) is 18.2. The second-order valence-corrected chi connectivity index (χ2v) is 5.60. The van der Waals surface area contributed by atoms with Gasteiger partial charge in [-0.15, -0.1) is 0 Å². The molecule has 18 heavy (non-hydrogen) atoms. The van der Waals surface area contributed by atoms with Crippen LogP contribution in [-0.2, 0) is 9.84 Å². The Bertz CT molecular complexity index is 861. The van der Waals surface area contributed by atoms with Crippen LogP contribution < -0.4 is 5.56 Å². The van der Waals surface area contributed by atoms with Crippen molar-refractivity contribution in [3.63, 3.8) is 0 Å². The summed E-state index contributed by atoms with van der Waals surface area (Å²) in [5.74, 6) is 0. The quantitative estimate of drug-likeness (QED) is 0.780. The van der Waals surface area contributed by atoms with E-state index in [1.165, 1.54) is 12.3 Å². The third kappa shape index (κ3) is 1.50. The first-order valence-corrected chi connectivity index (χ1v) is 6.75. The molecular formula is C12H8N2O3S. The molecule has 0 amide bonds. The topological polar surface area (TPSA) is 79.4 Å². The molecule has 1 aliphatic heterocycles. The summed E-state index contributed by atoms with van der Waals surface area (Å²) < 4.78 is 23.9. The number of aliphatic imine (C=N–C) groups is 1. The minimum absolute atomic E-state index is 0.194. The van der Waals surface area contributed by atoms with Gasteiger partial charge in [0, 0.05) is 17.0 Å². The van der Waals surface area contributed by atoms with Crippen molar-refractivity contribution in [3.8, 4) is 0 Å². The number of aromatic nitrogens is 1. The number of H-pyrrole nitrogens is 1. The van der Waals surface area contributed by atoms with E-state index in [2.05, 4.69) is 9.98 Å². The molecule has 2 aromatic rings. The van der Waals surface area contributed by atoms with Crippen LogP contribution in [0.2, 0.25) is 0 Å². The smallest absolute Gasteiger partial charge is 0.269 e. The molecule has 0 saturated carbocycles. The number of para-hydroxylation sites is 1. The minimum atomic E-state index is -3.75. The van der Waals surface area contributed by atoms with Crippen molar-refractivity contribution in [1.82, 2.24) is 4.98 Å². The maximum Gasteiger partial charge on any atom is 0.269 e. The molecule has 0 aliphatic carbocycles. The fraction of sp³-hybridized carbons (Fsp3) is 0. The first-order chi connectivity index (χ1) is 8.59. The Morgan fingerprint density at radius 3 is 2.78 bits per heavy atom. The zero-order chi connectivity index (χ0) is 12.8. The average molecular weight is 260 g/mol. The Kier molecular flexibility index (Phi) is 2.21. The van der Waals surface area contributed by atoms with E-state index in [0.29, 0.717) is 10.9 Å². The van der Waals surface area contributed by atoms with Crippen molar-refractivity contribution in [2.24, 2.45) is 4.99 Å². The number of nitrogens with zero attached hydrogens (tertiary/aromatic N) is 1. The number of benzene rings is 1. The van der Waals surface area contributed by atoms with E-state index in [0.717, 1.165) is 5.41 Å². The number of hydrogen-bond donors (Lipinski definition) is 1. The lowest BCUT2D eigenvalue weighted by Crippen LogP contribution is -2.16. The average Bonchev–Trinajstić information content (AvgIpc) is 2.48. The third-order valence-corrected chi connectivity index (χ3v) is 4.15. The molecule has 1 aliphatic rings. The van der Waals surface area contributed by atoms with Crippen LogP contribution in [0.4, 0.5) is 5.69 Å². The van der Waals surface area contributed by atoms with Gasteiger partial charge < -0.3 is 4.98 Å². The van der Waals surface area contributed by atoms with Gasteiger partial charge in [-0.05, 0) is 12.1 Å². The molecule has 1 aromatic carbocycles. The number of hydrogen-bond acceptors (Lipinski definition) is 4. The Morgan fingerprint density at radius 2 is 1.94 bits per heavy atom. The highest BCUT2D eigenvalue weighted by atomic mass is 32.2. The van der Waals surface area contributed by atoms with Crippen LogP contribution in [0.5, 0.6) is 0 Å². The fourth-order valence-electron chi connectivity index (χ4n) is 1.92. The summed E-state index contributed by atoms with van der Waals surface area (Å²) in [6.07, 6.45) is 2.68. The van der Waals surface area contributed by atoms with E-state index in [1.54, 1.807) is 24.3 Å². The van der Waals surface area contributed by atoms with Gasteiger partial charge in [-0.2, -0.15) is 0 Å². The van der Waals surface area contributed by atoms with Gasteiger partial charge in [0.1, 0.15) is 0 Å². The minimum Gasteiger partial charge on any atom is -0.321 e. The molecule has 1 N–H and O–H groups in total. The number of sulfone groups is 1. The summed E-state index contributed by atoms with van der Waals surface area (Å²) >= 11 is 0. The number of fused-ring (bicyclic) bond motifs is 3. The highest BCUT2D eigenvalue weighted by Crippen LogP contribution is 2.31. The summed E-state index contributed by atoms with van der Waals surface area (Å²) in [6, 6.07) is 6.96. The molecule has 0 unspecified atom stereocenters. The van der Waals surface area contributed by atoms with Crippen molar-refractivity contribution in [3.05, 3.63) is 46.1 Å². The highest BCUT2D eigenvalue weighted by Gasteiger charge is 2.23. The standard InChI is InChI=1S/C12H8N2O3S/c15-12-11-10(13-6-3-7-18(11,16)17)8-4-1-2-5-9(8)14-12/h1-7H,(H,14,15). The van der Waals surface area contributed by atoms with Crippen molar-refractivity contribution < 1.29 is 8.42 Å². The Balaban J connectivity index is 2.61. The molecule has 5 nitrogen and oxygen atoms in total. The van der Waals surface area contributed by atoms with Crippen molar-refractivity contribution in [1.29, 1.82) is 0 Å². The second-order valence-electron chi connectivity index (χ2n) is 3.83. The Labute approximate surface area is 102 Å². The van der Waals surface area contributed by atoms with E-state index >= 15 is 0 Å².